The van der Waals surface area contributed by atoms with Gasteiger partial charge in [-0.1, -0.05) is 66.2 Å². The number of benzene rings is 3. The monoisotopic (exact) mass is 378 g/mol. The van der Waals surface area contributed by atoms with E-state index >= 15 is 0 Å². The van der Waals surface area contributed by atoms with Crippen LogP contribution in [0.25, 0.3) is 11.1 Å². The van der Waals surface area contributed by atoms with Gasteiger partial charge in [-0.15, -0.1) is 0 Å². The number of rotatable bonds is 6. The van der Waals surface area contributed by atoms with Crippen molar-refractivity contribution in [3.8, 4) is 11.1 Å². The lowest BCUT2D eigenvalue weighted by molar-refractivity contribution is -0.145. The largest absolute Gasteiger partial charge is 0.454 e. The summed E-state index contributed by atoms with van der Waals surface area (Å²) in [6.07, 6.45) is -0.727. The molecule has 3 rings (SSSR count). The standard InChI is InChI=1S/C23H19ClO3/c1-16(23(26)20-11-13-21(24)14-12-20)27-22(25)15-17-7-9-19(10-8-17)18-5-3-2-4-6-18/h2-14,16H,15H2,1H3/t16-/m0/s1. The molecule has 4 heteroatoms. The highest BCUT2D eigenvalue weighted by Gasteiger charge is 2.19. The molecule has 0 saturated heterocycles. The molecule has 1 atom stereocenters. The van der Waals surface area contributed by atoms with Crippen LogP contribution in [0, 0.1) is 0 Å². The third kappa shape index (κ3) is 5.05. The van der Waals surface area contributed by atoms with Crippen LogP contribution in [0.1, 0.15) is 22.8 Å². The highest BCUT2D eigenvalue weighted by Crippen LogP contribution is 2.19. The highest BCUT2D eigenvalue weighted by atomic mass is 35.5. The van der Waals surface area contributed by atoms with E-state index in [1.807, 2.05) is 54.6 Å². The van der Waals surface area contributed by atoms with Gasteiger partial charge in [0.05, 0.1) is 6.42 Å². The Labute approximate surface area is 163 Å². The first-order chi connectivity index (χ1) is 13.0. The molecule has 0 N–H and O–H groups in total. The maximum Gasteiger partial charge on any atom is 0.310 e. The van der Waals surface area contributed by atoms with E-state index < -0.39 is 12.1 Å². The molecule has 0 amide bonds. The van der Waals surface area contributed by atoms with Crippen LogP contribution in [-0.2, 0) is 16.0 Å². The van der Waals surface area contributed by atoms with Crippen LogP contribution in [0.15, 0.2) is 78.9 Å². The molecule has 0 aromatic heterocycles. The maximum atomic E-state index is 12.3. The number of hydrogen-bond acceptors (Lipinski definition) is 3. The van der Waals surface area contributed by atoms with Gasteiger partial charge in [0.1, 0.15) is 0 Å². The van der Waals surface area contributed by atoms with E-state index in [0.29, 0.717) is 10.6 Å². The van der Waals surface area contributed by atoms with E-state index in [0.717, 1.165) is 16.7 Å². The molecule has 0 saturated carbocycles. The lowest BCUT2D eigenvalue weighted by atomic mass is 10.0. The topological polar surface area (TPSA) is 43.4 Å². The van der Waals surface area contributed by atoms with E-state index in [9.17, 15) is 9.59 Å². The van der Waals surface area contributed by atoms with E-state index in [2.05, 4.69) is 0 Å². The van der Waals surface area contributed by atoms with Crippen molar-refractivity contribution in [1.29, 1.82) is 0 Å². The summed E-state index contributed by atoms with van der Waals surface area (Å²) in [5.41, 5.74) is 3.51. The average molecular weight is 379 g/mol. The molecular weight excluding hydrogens is 360 g/mol. The smallest absolute Gasteiger partial charge is 0.310 e. The highest BCUT2D eigenvalue weighted by molar-refractivity contribution is 6.30. The number of carbonyl (C=O) groups is 2. The lowest BCUT2D eigenvalue weighted by Crippen LogP contribution is -2.25. The summed E-state index contributed by atoms with van der Waals surface area (Å²) in [6, 6.07) is 24.3. The number of ketones is 1. The zero-order valence-electron chi connectivity index (χ0n) is 14.9. The van der Waals surface area contributed by atoms with E-state index in [1.54, 1.807) is 31.2 Å². The van der Waals surface area contributed by atoms with Crippen LogP contribution >= 0.6 is 11.6 Å². The predicted molar refractivity (Wildman–Crippen MR) is 107 cm³/mol. The Hall–Kier alpha value is -2.91. The van der Waals surface area contributed by atoms with Gasteiger partial charge in [0.2, 0.25) is 5.78 Å². The van der Waals surface area contributed by atoms with Gasteiger partial charge in [-0.25, -0.2) is 0 Å². The number of halogens is 1. The van der Waals surface area contributed by atoms with Crippen molar-refractivity contribution >= 4 is 23.4 Å². The Morgan fingerprint density at radius 2 is 1.44 bits per heavy atom. The molecule has 0 radical (unpaired) electrons. The first-order valence-corrected chi connectivity index (χ1v) is 9.04. The minimum Gasteiger partial charge on any atom is -0.454 e. The SMILES string of the molecule is C[C@H](OC(=O)Cc1ccc(-c2ccccc2)cc1)C(=O)c1ccc(Cl)cc1. The Kier molecular flexibility index (Phi) is 6.05. The molecule has 0 aliphatic rings. The lowest BCUT2D eigenvalue weighted by Gasteiger charge is -2.12. The average Bonchev–Trinajstić information content (AvgIpc) is 2.69. The molecule has 0 bridgehead atoms. The fourth-order valence-corrected chi connectivity index (χ4v) is 2.88. The van der Waals surface area contributed by atoms with Crippen molar-refractivity contribution in [2.75, 3.05) is 0 Å². The van der Waals surface area contributed by atoms with Gasteiger partial charge < -0.3 is 4.74 Å². The van der Waals surface area contributed by atoms with Gasteiger partial charge in [-0.3, -0.25) is 9.59 Å². The van der Waals surface area contributed by atoms with Gasteiger partial charge in [0.15, 0.2) is 6.10 Å². The van der Waals surface area contributed by atoms with Crippen LogP contribution in [0.5, 0.6) is 0 Å². The van der Waals surface area contributed by atoms with Crippen LogP contribution in [0.3, 0.4) is 0 Å². The summed E-state index contributed by atoms with van der Waals surface area (Å²) in [6.45, 7) is 1.58. The molecule has 3 nitrogen and oxygen atoms in total. The third-order valence-electron chi connectivity index (χ3n) is 4.22. The Bertz CT molecular complexity index is 916. The summed E-state index contributed by atoms with van der Waals surface area (Å²) in [7, 11) is 0. The van der Waals surface area contributed by atoms with Gasteiger partial charge in [-0.2, -0.15) is 0 Å². The Morgan fingerprint density at radius 1 is 0.852 bits per heavy atom. The Morgan fingerprint density at radius 3 is 2.07 bits per heavy atom. The molecule has 3 aromatic rings. The van der Waals surface area contributed by atoms with E-state index in [-0.39, 0.29) is 12.2 Å². The molecule has 0 spiro atoms. The third-order valence-corrected chi connectivity index (χ3v) is 4.47. The molecular formula is C23H19ClO3. The molecule has 0 aliphatic heterocycles. The summed E-state index contributed by atoms with van der Waals surface area (Å²) < 4.78 is 5.29. The first kappa shape index (κ1) is 18.9. The second-order valence-electron chi connectivity index (χ2n) is 6.24. The summed E-state index contributed by atoms with van der Waals surface area (Å²) >= 11 is 5.82. The van der Waals surface area contributed by atoms with Crippen molar-refractivity contribution < 1.29 is 14.3 Å². The normalized spacial score (nSPS) is 11.6. The number of esters is 1. The number of carbonyl (C=O) groups excluding carboxylic acids is 2. The molecule has 0 heterocycles. The zero-order valence-corrected chi connectivity index (χ0v) is 15.6. The predicted octanol–water partition coefficient (Wildman–Crippen LogP) is 5.36. The van der Waals surface area contributed by atoms with Crippen LogP contribution in [0.4, 0.5) is 0 Å². The van der Waals surface area contributed by atoms with Gasteiger partial charge in [0, 0.05) is 10.6 Å². The van der Waals surface area contributed by atoms with Crippen LogP contribution in [-0.4, -0.2) is 17.9 Å². The van der Waals surface area contributed by atoms with Crippen LogP contribution < -0.4 is 0 Å². The molecule has 3 aromatic carbocycles. The van der Waals surface area contributed by atoms with Gasteiger partial charge >= 0.3 is 5.97 Å². The van der Waals surface area contributed by atoms with Gasteiger partial charge in [0.25, 0.3) is 0 Å². The fraction of sp³-hybridized carbons (Fsp3) is 0.130. The summed E-state index contributed by atoms with van der Waals surface area (Å²) in [4.78, 5) is 24.5. The second-order valence-corrected chi connectivity index (χ2v) is 6.68. The summed E-state index contributed by atoms with van der Waals surface area (Å²) in [5.74, 6) is -0.684. The van der Waals surface area contributed by atoms with E-state index in [1.165, 1.54) is 0 Å². The molecule has 0 fully saturated rings. The molecule has 27 heavy (non-hydrogen) atoms. The number of ether oxygens (including phenoxy) is 1. The molecule has 0 unspecified atom stereocenters. The maximum absolute atomic E-state index is 12.3. The fourth-order valence-electron chi connectivity index (χ4n) is 2.75. The number of Topliss-reactive ketones (excluding diaryl/α,β-unsaturated/α-hetero) is 1. The van der Waals surface area contributed by atoms with Crippen molar-refractivity contribution in [3.05, 3.63) is 95.0 Å². The number of hydrogen-bond donors (Lipinski definition) is 0. The van der Waals surface area contributed by atoms with Crippen molar-refractivity contribution in [2.24, 2.45) is 0 Å². The van der Waals surface area contributed by atoms with E-state index in [4.69, 9.17) is 16.3 Å². The first-order valence-electron chi connectivity index (χ1n) is 8.66. The van der Waals surface area contributed by atoms with Crippen molar-refractivity contribution in [3.63, 3.8) is 0 Å². The molecule has 136 valence electrons. The Balaban J connectivity index is 1.58. The quantitative estimate of drug-likeness (QED) is 0.428. The second kappa shape index (κ2) is 8.65. The van der Waals surface area contributed by atoms with Gasteiger partial charge in [-0.05, 0) is 47.9 Å². The minimum atomic E-state index is -0.845. The minimum absolute atomic E-state index is 0.118. The van der Waals surface area contributed by atoms with Crippen molar-refractivity contribution in [2.45, 2.75) is 19.4 Å². The summed E-state index contributed by atoms with van der Waals surface area (Å²) in [5, 5.41) is 0.551. The van der Waals surface area contributed by atoms with Crippen molar-refractivity contribution in [1.82, 2.24) is 0 Å². The van der Waals surface area contributed by atoms with Crippen LogP contribution in [0.2, 0.25) is 5.02 Å². The molecule has 0 aliphatic carbocycles. The zero-order chi connectivity index (χ0) is 19.2.